The first-order valence-corrected chi connectivity index (χ1v) is 14.6. The second kappa shape index (κ2) is 17.9. The van der Waals surface area contributed by atoms with Crippen molar-refractivity contribution in [2.75, 3.05) is 52.4 Å². The number of nitrogens with zero attached hydrogens (tertiary/aromatic N) is 4. The molecule has 0 aromatic rings. The van der Waals surface area contributed by atoms with Gasteiger partial charge in [-0.05, 0) is 51.4 Å². The van der Waals surface area contributed by atoms with Crippen LogP contribution in [0.15, 0.2) is 0 Å². The van der Waals surface area contributed by atoms with Crippen molar-refractivity contribution in [3.8, 4) is 0 Å². The highest BCUT2D eigenvalue weighted by Gasteiger charge is 2.59. The molecule has 0 radical (unpaired) electrons. The molecule has 0 heterocycles. The molecule has 0 saturated heterocycles. The molecule has 0 aromatic heterocycles. The van der Waals surface area contributed by atoms with Gasteiger partial charge in [0.25, 0.3) is 0 Å². The summed E-state index contributed by atoms with van der Waals surface area (Å²) in [6.07, 6.45) is 9.94. The molecule has 0 unspecified atom stereocenters. The monoisotopic (exact) mass is 431 g/mol. The van der Waals surface area contributed by atoms with E-state index in [-0.39, 0.29) is 0 Å². The van der Waals surface area contributed by atoms with E-state index in [4.69, 9.17) is 0 Å². The Morgan fingerprint density at radius 2 is 0.448 bits per heavy atom. The fraction of sp³-hybridized carbons (Fsp3) is 1.00. The summed E-state index contributed by atoms with van der Waals surface area (Å²) < 4.78 is 11.9. The molecule has 0 aromatic carbocycles. The SMILES string of the molecule is CCCN(CCC)[P+](N(CCC)CCC)(N(CCC)CCC)N(CCC)CCC. The smallest absolute Gasteiger partial charge is 0.133 e. The van der Waals surface area contributed by atoms with E-state index >= 15 is 0 Å². The Kier molecular flexibility index (Phi) is 18.1. The Bertz CT molecular complexity index is 273. The highest BCUT2D eigenvalue weighted by molar-refractivity contribution is 7.66. The third kappa shape index (κ3) is 8.37. The van der Waals surface area contributed by atoms with Gasteiger partial charge in [-0.2, -0.15) is 0 Å². The lowest BCUT2D eigenvalue weighted by Gasteiger charge is -2.51. The van der Waals surface area contributed by atoms with Crippen molar-refractivity contribution in [3.63, 3.8) is 0 Å². The van der Waals surface area contributed by atoms with Crippen LogP contribution in [-0.2, 0) is 0 Å². The van der Waals surface area contributed by atoms with Crippen molar-refractivity contribution in [3.05, 3.63) is 0 Å². The average molecular weight is 432 g/mol. The molecule has 0 saturated carbocycles. The third-order valence-corrected chi connectivity index (χ3v) is 10.0. The molecule has 0 fully saturated rings. The summed E-state index contributed by atoms with van der Waals surface area (Å²) in [7, 11) is -1.74. The first kappa shape index (κ1) is 29.3. The highest BCUT2D eigenvalue weighted by Crippen LogP contribution is 2.70. The molecule has 0 aliphatic heterocycles. The minimum Gasteiger partial charge on any atom is -0.133 e. The zero-order valence-corrected chi connectivity index (χ0v) is 22.4. The summed E-state index contributed by atoms with van der Waals surface area (Å²) in [5, 5.41) is 0. The summed E-state index contributed by atoms with van der Waals surface area (Å²) in [5.41, 5.74) is 0. The van der Waals surface area contributed by atoms with Crippen LogP contribution in [0.5, 0.6) is 0 Å². The molecule has 0 amide bonds. The van der Waals surface area contributed by atoms with E-state index in [0.717, 1.165) is 0 Å². The van der Waals surface area contributed by atoms with Gasteiger partial charge < -0.3 is 0 Å². The molecule has 0 spiro atoms. The van der Waals surface area contributed by atoms with Gasteiger partial charge in [0.15, 0.2) is 0 Å². The molecular weight excluding hydrogens is 375 g/mol. The van der Waals surface area contributed by atoms with Crippen LogP contribution in [0.3, 0.4) is 0 Å². The van der Waals surface area contributed by atoms with Gasteiger partial charge >= 0.3 is 7.87 Å². The summed E-state index contributed by atoms with van der Waals surface area (Å²) in [4.78, 5) is 0. The predicted octanol–water partition coefficient (Wildman–Crippen LogP) is 7.15. The lowest BCUT2D eigenvalue weighted by Crippen LogP contribution is -2.54. The predicted molar refractivity (Wildman–Crippen MR) is 136 cm³/mol. The third-order valence-electron chi connectivity index (χ3n) is 5.37. The summed E-state index contributed by atoms with van der Waals surface area (Å²) >= 11 is 0. The van der Waals surface area contributed by atoms with Crippen molar-refractivity contribution in [2.24, 2.45) is 0 Å². The molecule has 0 bridgehead atoms. The Hall–Kier alpha value is 0.270. The van der Waals surface area contributed by atoms with Crippen LogP contribution in [0.4, 0.5) is 0 Å². The minimum atomic E-state index is -1.74. The van der Waals surface area contributed by atoms with Crippen molar-refractivity contribution in [1.29, 1.82) is 0 Å². The molecule has 4 nitrogen and oxygen atoms in total. The number of hydrogen-bond acceptors (Lipinski definition) is 4. The van der Waals surface area contributed by atoms with E-state index < -0.39 is 7.87 Å². The maximum Gasteiger partial charge on any atom is 0.308 e. The molecule has 0 N–H and O–H groups in total. The largest absolute Gasteiger partial charge is 0.308 e. The van der Waals surface area contributed by atoms with Gasteiger partial charge in [-0.1, -0.05) is 55.4 Å². The Morgan fingerprint density at radius 3 is 0.552 bits per heavy atom. The van der Waals surface area contributed by atoms with Crippen LogP contribution in [0.2, 0.25) is 0 Å². The van der Waals surface area contributed by atoms with Crippen molar-refractivity contribution >= 4 is 7.87 Å². The van der Waals surface area contributed by atoms with Gasteiger partial charge in [-0.3, -0.25) is 0 Å². The molecule has 29 heavy (non-hydrogen) atoms. The van der Waals surface area contributed by atoms with Crippen LogP contribution in [-0.4, -0.2) is 71.0 Å². The lowest BCUT2D eigenvalue weighted by molar-refractivity contribution is 0.231. The molecule has 5 heteroatoms. The minimum absolute atomic E-state index is 1.22. The van der Waals surface area contributed by atoms with Crippen molar-refractivity contribution < 1.29 is 0 Å². The normalized spacial score (nSPS) is 12.8. The highest BCUT2D eigenvalue weighted by atomic mass is 31.2. The number of hydrogen-bond donors (Lipinski definition) is 0. The summed E-state index contributed by atoms with van der Waals surface area (Å²) in [6.45, 7) is 28.7. The molecule has 176 valence electrons. The summed E-state index contributed by atoms with van der Waals surface area (Å²) in [6, 6.07) is 0. The number of rotatable bonds is 20. The van der Waals surface area contributed by atoms with Crippen LogP contribution in [0.1, 0.15) is 107 Å². The standard InChI is InChI=1S/C24H56N4P/c1-9-17-25(18-10-2)29(26(19-11-3)20-12-4,27(21-13-5)22-14-6)28(23-15-7)24-16-8/h9-24H2,1-8H3/q+1. The lowest BCUT2D eigenvalue weighted by atomic mass is 10.4. The van der Waals surface area contributed by atoms with Gasteiger partial charge in [0.05, 0.1) is 0 Å². The molecule has 0 aliphatic carbocycles. The van der Waals surface area contributed by atoms with Crippen LogP contribution in [0, 0.1) is 0 Å². The molecular formula is C24H56N4P+. The Balaban J connectivity index is 6.80. The topological polar surface area (TPSA) is 13.0 Å². The maximum atomic E-state index is 2.97. The fourth-order valence-corrected chi connectivity index (χ4v) is 10.6. The maximum absolute atomic E-state index is 2.97. The average Bonchev–Trinajstić information content (AvgIpc) is 2.70. The zero-order chi connectivity index (χ0) is 22.1. The quantitative estimate of drug-likeness (QED) is 0.190. The van der Waals surface area contributed by atoms with Gasteiger partial charge in [-0.25, -0.2) is 0 Å². The van der Waals surface area contributed by atoms with Crippen LogP contribution in [0.25, 0.3) is 0 Å². The van der Waals surface area contributed by atoms with E-state index in [2.05, 4.69) is 74.1 Å². The Labute approximate surface area is 185 Å². The van der Waals surface area contributed by atoms with E-state index in [9.17, 15) is 0 Å². The first-order chi connectivity index (χ1) is 14.1. The van der Waals surface area contributed by atoms with Crippen molar-refractivity contribution in [1.82, 2.24) is 18.7 Å². The second-order valence-electron chi connectivity index (χ2n) is 8.35. The van der Waals surface area contributed by atoms with E-state index in [1.807, 2.05) is 0 Å². The van der Waals surface area contributed by atoms with Crippen LogP contribution >= 0.6 is 7.87 Å². The van der Waals surface area contributed by atoms with Gasteiger partial charge in [0.1, 0.15) is 0 Å². The van der Waals surface area contributed by atoms with Crippen molar-refractivity contribution in [2.45, 2.75) is 107 Å². The fourth-order valence-electron chi connectivity index (χ4n) is 4.66. The van der Waals surface area contributed by atoms with E-state index in [1.165, 1.54) is 104 Å². The molecule has 0 aliphatic rings. The van der Waals surface area contributed by atoms with Gasteiger partial charge in [0, 0.05) is 52.4 Å². The zero-order valence-electron chi connectivity index (χ0n) is 21.5. The Morgan fingerprint density at radius 1 is 0.310 bits per heavy atom. The van der Waals surface area contributed by atoms with E-state index in [1.54, 1.807) is 0 Å². The molecule has 0 atom stereocenters. The first-order valence-electron chi connectivity index (χ1n) is 13.0. The molecule has 0 rings (SSSR count). The van der Waals surface area contributed by atoms with Gasteiger partial charge in [-0.15, -0.1) is 18.7 Å². The second-order valence-corrected chi connectivity index (χ2v) is 11.7. The van der Waals surface area contributed by atoms with E-state index in [0.29, 0.717) is 0 Å². The van der Waals surface area contributed by atoms with Crippen LogP contribution < -0.4 is 0 Å². The van der Waals surface area contributed by atoms with Gasteiger partial charge in [0.2, 0.25) is 0 Å². The summed E-state index contributed by atoms with van der Waals surface area (Å²) in [5.74, 6) is 0.